The van der Waals surface area contributed by atoms with Gasteiger partial charge in [-0.05, 0) is 92.3 Å². The Bertz CT molecular complexity index is 1600. The predicted octanol–water partition coefficient (Wildman–Crippen LogP) is 7.28. The third-order valence-corrected chi connectivity index (χ3v) is 8.74. The van der Waals surface area contributed by atoms with Crippen molar-refractivity contribution in [1.82, 2.24) is 9.91 Å². The molecule has 1 saturated heterocycles. The van der Waals surface area contributed by atoms with Gasteiger partial charge in [-0.15, -0.1) is 0 Å². The number of amides is 4. The fraction of sp³-hybridized carbons (Fsp3) is 0.273. The smallest absolute Gasteiger partial charge is 0.282 e. The normalized spacial score (nSPS) is 23.0. The minimum atomic E-state index is -0.721. The van der Waals surface area contributed by atoms with Crippen molar-refractivity contribution < 1.29 is 14.4 Å². The fourth-order valence-corrected chi connectivity index (χ4v) is 6.33. The number of rotatable bonds is 5. The van der Waals surface area contributed by atoms with Gasteiger partial charge in [0.15, 0.2) is 0 Å². The van der Waals surface area contributed by atoms with Gasteiger partial charge in [0.05, 0.1) is 11.8 Å². The monoisotopic (exact) mass is 600 g/mol. The van der Waals surface area contributed by atoms with Gasteiger partial charge in [-0.25, -0.2) is 9.80 Å². The van der Waals surface area contributed by atoms with E-state index in [9.17, 15) is 14.4 Å². The molecule has 7 nitrogen and oxygen atoms in total. The van der Waals surface area contributed by atoms with Gasteiger partial charge in [0.1, 0.15) is 12.6 Å². The molecule has 1 aliphatic carbocycles. The van der Waals surface area contributed by atoms with Gasteiger partial charge in [-0.3, -0.25) is 19.4 Å². The highest BCUT2D eigenvalue weighted by atomic mass is 35.5. The van der Waals surface area contributed by atoms with E-state index in [1.165, 1.54) is 9.91 Å². The first kappa shape index (κ1) is 28.2. The Kier molecular flexibility index (Phi) is 7.64. The minimum absolute atomic E-state index is 0.0320. The lowest BCUT2D eigenvalue weighted by Crippen LogP contribution is -2.42. The summed E-state index contributed by atoms with van der Waals surface area (Å²) in [5, 5.41) is 7.63. The van der Waals surface area contributed by atoms with E-state index in [1.54, 1.807) is 19.1 Å². The molecule has 2 fully saturated rings. The maximum absolute atomic E-state index is 14.0. The zero-order valence-electron chi connectivity index (χ0n) is 23.3. The predicted molar refractivity (Wildman–Crippen MR) is 165 cm³/mol. The van der Waals surface area contributed by atoms with Gasteiger partial charge in [0.2, 0.25) is 0 Å². The molecule has 3 aromatic carbocycles. The van der Waals surface area contributed by atoms with Crippen LogP contribution in [0.15, 0.2) is 83.5 Å². The van der Waals surface area contributed by atoms with Crippen molar-refractivity contribution in [3.05, 3.63) is 105 Å². The average molecular weight is 602 g/mol. The van der Waals surface area contributed by atoms with Crippen molar-refractivity contribution >= 4 is 58.5 Å². The molecule has 2 aliphatic heterocycles. The Morgan fingerprint density at radius 2 is 1.60 bits per heavy atom. The summed E-state index contributed by atoms with van der Waals surface area (Å²) in [6.07, 6.45) is 4.73. The number of halogens is 2. The number of fused-ring (bicyclic) bond motifs is 1. The van der Waals surface area contributed by atoms with Crippen LogP contribution in [0.5, 0.6) is 0 Å². The average Bonchev–Trinajstić information content (AvgIpc) is 3.47. The fourth-order valence-electron chi connectivity index (χ4n) is 6.08. The molecule has 42 heavy (non-hydrogen) atoms. The molecular weight excluding hydrogens is 571 g/mol. The number of imide groups is 1. The number of nitrogens with zero attached hydrogens (tertiary/aromatic N) is 4. The third-order valence-electron chi connectivity index (χ3n) is 8.23. The largest absolute Gasteiger partial charge is 0.332 e. The molecule has 3 unspecified atom stereocenters. The summed E-state index contributed by atoms with van der Waals surface area (Å²) in [6.45, 7) is 3.24. The highest BCUT2D eigenvalue weighted by Crippen LogP contribution is 2.45. The first-order valence-corrected chi connectivity index (χ1v) is 14.8. The summed E-state index contributed by atoms with van der Waals surface area (Å²) < 4.78 is 0. The van der Waals surface area contributed by atoms with Crippen LogP contribution in [0, 0.1) is 12.8 Å². The maximum atomic E-state index is 14.0. The van der Waals surface area contributed by atoms with Crippen LogP contribution < -0.4 is 4.90 Å². The number of allylic oxidation sites excluding steroid dienone is 1. The lowest BCUT2D eigenvalue weighted by molar-refractivity contribution is -0.138. The van der Waals surface area contributed by atoms with Gasteiger partial charge in [0.25, 0.3) is 11.8 Å². The number of carbonyl (C=O) groups is 3. The van der Waals surface area contributed by atoms with E-state index >= 15 is 0 Å². The van der Waals surface area contributed by atoms with Gasteiger partial charge in [0, 0.05) is 21.7 Å². The van der Waals surface area contributed by atoms with Crippen LogP contribution in [-0.4, -0.2) is 46.1 Å². The van der Waals surface area contributed by atoms with E-state index in [0.717, 1.165) is 52.1 Å². The van der Waals surface area contributed by atoms with Crippen molar-refractivity contribution in [2.75, 3.05) is 11.4 Å². The lowest BCUT2D eigenvalue weighted by atomic mass is 9.77. The quantitative estimate of drug-likeness (QED) is 0.289. The second-order valence-electron chi connectivity index (χ2n) is 11.0. The molecule has 3 aliphatic rings. The molecule has 0 N–H and O–H groups in total. The summed E-state index contributed by atoms with van der Waals surface area (Å²) in [7, 11) is 0. The lowest BCUT2D eigenvalue weighted by Gasteiger charge is -2.30. The molecule has 3 atom stereocenters. The molecule has 4 amide bonds. The molecule has 9 heteroatoms. The summed E-state index contributed by atoms with van der Waals surface area (Å²) in [4.78, 5) is 43.2. The molecule has 3 aromatic rings. The topological polar surface area (TPSA) is 73.3 Å². The summed E-state index contributed by atoms with van der Waals surface area (Å²) in [5.74, 6) is -0.859. The van der Waals surface area contributed by atoms with Crippen LogP contribution in [0.4, 0.5) is 10.5 Å². The number of benzene rings is 3. The van der Waals surface area contributed by atoms with Gasteiger partial charge in [-0.2, -0.15) is 5.10 Å². The minimum Gasteiger partial charge on any atom is -0.282 e. The second kappa shape index (κ2) is 11.4. The zero-order valence-corrected chi connectivity index (χ0v) is 24.8. The van der Waals surface area contributed by atoms with Crippen molar-refractivity contribution in [2.24, 2.45) is 11.0 Å². The first-order valence-electron chi connectivity index (χ1n) is 14.0. The molecule has 1 saturated carbocycles. The van der Waals surface area contributed by atoms with E-state index in [-0.39, 0.29) is 12.0 Å². The Hall–Kier alpha value is -3.94. The van der Waals surface area contributed by atoms with Gasteiger partial charge >= 0.3 is 6.03 Å². The highest BCUT2D eigenvalue weighted by Gasteiger charge is 2.48. The van der Waals surface area contributed by atoms with Crippen LogP contribution in [0.1, 0.15) is 48.9 Å². The molecule has 0 spiro atoms. The number of anilines is 1. The number of hydrogen-bond donors (Lipinski definition) is 0. The Labute approximate surface area is 255 Å². The molecule has 6 rings (SSSR count). The summed E-state index contributed by atoms with van der Waals surface area (Å²) >= 11 is 12.3. The van der Waals surface area contributed by atoms with E-state index in [0.29, 0.717) is 15.7 Å². The number of urea groups is 1. The van der Waals surface area contributed by atoms with E-state index < -0.39 is 30.4 Å². The Balaban J connectivity index is 1.32. The number of aryl methyl sites for hydroxylation is 1. The van der Waals surface area contributed by atoms with Crippen molar-refractivity contribution in [1.29, 1.82) is 0 Å². The van der Waals surface area contributed by atoms with Gasteiger partial charge in [-0.1, -0.05) is 65.2 Å². The highest BCUT2D eigenvalue weighted by molar-refractivity contribution is 6.30. The van der Waals surface area contributed by atoms with Crippen molar-refractivity contribution in [2.45, 2.75) is 45.2 Å². The molecule has 0 bridgehead atoms. The molecule has 2 heterocycles. The maximum Gasteiger partial charge on any atom is 0.332 e. The molecule has 214 valence electrons. The first-order chi connectivity index (χ1) is 20.2. The third kappa shape index (κ3) is 5.23. The Morgan fingerprint density at radius 1 is 0.952 bits per heavy atom. The molecule has 0 aromatic heterocycles. The van der Waals surface area contributed by atoms with Crippen LogP contribution in [0.3, 0.4) is 0 Å². The van der Waals surface area contributed by atoms with Crippen molar-refractivity contribution in [3.63, 3.8) is 0 Å². The van der Waals surface area contributed by atoms with E-state index in [4.69, 9.17) is 28.3 Å². The van der Waals surface area contributed by atoms with Crippen LogP contribution in [-0.2, 0) is 9.59 Å². The van der Waals surface area contributed by atoms with Crippen LogP contribution in [0.2, 0.25) is 10.0 Å². The van der Waals surface area contributed by atoms with E-state index in [1.807, 2.05) is 67.6 Å². The zero-order chi connectivity index (χ0) is 29.5. The second-order valence-corrected chi connectivity index (χ2v) is 11.9. The SMILES string of the molecule is Cc1ccc(N2C(=O)N(CC(=O)N3N=C4/C(=C\c5ccc(Cl)cc5)CCCC4C3c3ccc(Cl)cc3)C(=O)C2C)cc1. The van der Waals surface area contributed by atoms with Crippen LogP contribution in [0.25, 0.3) is 6.08 Å². The van der Waals surface area contributed by atoms with Gasteiger partial charge < -0.3 is 0 Å². The molecular formula is C33H30Cl2N4O3. The molecule has 0 radical (unpaired) electrons. The van der Waals surface area contributed by atoms with Crippen LogP contribution >= 0.6 is 23.2 Å². The van der Waals surface area contributed by atoms with E-state index in [2.05, 4.69) is 6.08 Å². The summed E-state index contributed by atoms with van der Waals surface area (Å²) in [5.41, 5.74) is 5.49. The standard InChI is InChI=1S/C33H30Cl2N4O3/c1-20-6-16-27(17-7-20)38-21(2)32(41)37(33(38)42)19-29(40)39-31(23-10-14-26(35)15-11-23)28-5-3-4-24(30(28)36-39)18-22-8-12-25(34)13-9-22/h6-18,21,28,31H,3-5,19H2,1-2H3/b24-18-. The Morgan fingerprint density at radius 3 is 2.26 bits per heavy atom. The van der Waals surface area contributed by atoms with Crippen molar-refractivity contribution in [3.8, 4) is 0 Å². The summed E-state index contributed by atoms with van der Waals surface area (Å²) in [6, 6.07) is 20.8. The number of carbonyl (C=O) groups excluding carboxylic acids is 3. The number of hydrazone groups is 1. The number of hydrogen-bond acceptors (Lipinski definition) is 4.